The highest BCUT2D eigenvalue weighted by molar-refractivity contribution is 7.98. The van der Waals surface area contributed by atoms with Crippen LogP contribution in [0.1, 0.15) is 0 Å². The molecule has 3 rings (SSSR count). The lowest BCUT2D eigenvalue weighted by molar-refractivity contribution is 0.973. The molecule has 2 heterocycles. The third kappa shape index (κ3) is 2.37. The number of hydrogen-bond donors (Lipinski definition) is 1. The number of aromatic amines is 1. The van der Waals surface area contributed by atoms with Gasteiger partial charge in [0.15, 0.2) is 5.16 Å². The summed E-state index contributed by atoms with van der Waals surface area (Å²) in [5.41, 5.74) is 3.76. The number of benzene rings is 1. The molecule has 5 heteroatoms. The van der Waals surface area contributed by atoms with Gasteiger partial charge in [0, 0.05) is 11.8 Å². The van der Waals surface area contributed by atoms with E-state index in [9.17, 15) is 0 Å². The van der Waals surface area contributed by atoms with Crippen molar-refractivity contribution in [2.45, 2.75) is 5.16 Å². The predicted octanol–water partition coefficient (Wildman–Crippen LogP) is 3.26. The summed E-state index contributed by atoms with van der Waals surface area (Å²) in [6.07, 6.45) is 5.42. The zero-order valence-electron chi connectivity index (χ0n) is 10.4. The molecule has 0 unspecified atom stereocenters. The maximum absolute atomic E-state index is 4.50. The summed E-state index contributed by atoms with van der Waals surface area (Å²) in [5, 5.41) is 0.756. The van der Waals surface area contributed by atoms with Crippen molar-refractivity contribution < 1.29 is 0 Å². The van der Waals surface area contributed by atoms with Crippen molar-refractivity contribution in [2.24, 2.45) is 0 Å². The number of aromatic nitrogens is 4. The third-order valence-electron chi connectivity index (χ3n) is 2.76. The minimum atomic E-state index is 0.756. The van der Waals surface area contributed by atoms with Crippen molar-refractivity contribution in [3.63, 3.8) is 0 Å². The van der Waals surface area contributed by atoms with E-state index in [-0.39, 0.29) is 0 Å². The average Bonchev–Trinajstić information content (AvgIpc) is 2.98. The summed E-state index contributed by atoms with van der Waals surface area (Å²) >= 11 is 1.53. The molecule has 19 heavy (non-hydrogen) atoms. The van der Waals surface area contributed by atoms with Gasteiger partial charge in [-0.15, -0.1) is 0 Å². The fourth-order valence-corrected chi connectivity index (χ4v) is 2.24. The van der Waals surface area contributed by atoms with Crippen LogP contribution in [0.5, 0.6) is 0 Å². The fraction of sp³-hybridized carbons (Fsp3) is 0.0714. The van der Waals surface area contributed by atoms with Gasteiger partial charge < -0.3 is 4.98 Å². The number of nitrogens with zero attached hydrogens (tertiary/aromatic N) is 3. The summed E-state index contributed by atoms with van der Waals surface area (Å²) in [7, 11) is 0. The van der Waals surface area contributed by atoms with Crippen LogP contribution in [0, 0.1) is 0 Å². The van der Waals surface area contributed by atoms with Crippen LogP contribution in [0.25, 0.3) is 22.6 Å². The molecule has 0 bridgehead atoms. The largest absolute Gasteiger partial charge is 0.343 e. The lowest BCUT2D eigenvalue weighted by Crippen LogP contribution is -1.91. The Morgan fingerprint density at radius 2 is 1.89 bits per heavy atom. The van der Waals surface area contributed by atoms with Crippen molar-refractivity contribution in [1.29, 1.82) is 0 Å². The Morgan fingerprint density at radius 1 is 1.05 bits per heavy atom. The Hall–Kier alpha value is -2.14. The minimum absolute atomic E-state index is 0.756. The van der Waals surface area contributed by atoms with E-state index in [1.165, 1.54) is 11.8 Å². The number of imidazole rings is 1. The topological polar surface area (TPSA) is 54.5 Å². The maximum atomic E-state index is 4.50. The summed E-state index contributed by atoms with van der Waals surface area (Å²) in [5.74, 6) is 0. The van der Waals surface area contributed by atoms with Crippen LogP contribution in [-0.2, 0) is 0 Å². The van der Waals surface area contributed by atoms with Gasteiger partial charge in [0.05, 0.1) is 23.4 Å². The molecule has 3 aromatic rings. The molecule has 94 valence electrons. The monoisotopic (exact) mass is 268 g/mol. The molecule has 0 saturated heterocycles. The first-order valence-corrected chi connectivity index (χ1v) is 7.07. The number of H-pyrrole nitrogens is 1. The Labute approximate surface area is 115 Å². The van der Waals surface area contributed by atoms with E-state index >= 15 is 0 Å². The Morgan fingerprint density at radius 3 is 2.68 bits per heavy atom. The van der Waals surface area contributed by atoms with Gasteiger partial charge in [-0.05, 0) is 12.3 Å². The molecule has 0 fully saturated rings. The van der Waals surface area contributed by atoms with Crippen LogP contribution in [0.2, 0.25) is 0 Å². The lowest BCUT2D eigenvalue weighted by Gasteiger charge is -2.03. The lowest BCUT2D eigenvalue weighted by atomic mass is 10.1. The molecule has 1 aromatic carbocycles. The van der Waals surface area contributed by atoms with E-state index in [1.807, 2.05) is 42.7 Å². The van der Waals surface area contributed by atoms with Crippen molar-refractivity contribution in [1.82, 2.24) is 19.9 Å². The van der Waals surface area contributed by atoms with Crippen LogP contribution in [0.4, 0.5) is 0 Å². The van der Waals surface area contributed by atoms with Crippen LogP contribution in [-0.4, -0.2) is 26.2 Å². The van der Waals surface area contributed by atoms with Crippen molar-refractivity contribution in [3.8, 4) is 22.6 Å². The highest BCUT2D eigenvalue weighted by Gasteiger charge is 2.11. The standard InChI is InChI=1S/C14H12N4S/c1-19-14-15-8-7-11(18-14)13-12(16-9-17-13)10-5-3-2-4-6-10/h2-9H,1H3,(H,16,17). The van der Waals surface area contributed by atoms with Crippen molar-refractivity contribution in [2.75, 3.05) is 6.26 Å². The first kappa shape index (κ1) is 11.9. The molecule has 0 aliphatic carbocycles. The van der Waals surface area contributed by atoms with E-state index in [4.69, 9.17) is 0 Å². The number of thioether (sulfide) groups is 1. The number of hydrogen-bond acceptors (Lipinski definition) is 4. The molecular weight excluding hydrogens is 256 g/mol. The molecule has 4 nitrogen and oxygen atoms in total. The second-order valence-corrected chi connectivity index (χ2v) is 4.69. The van der Waals surface area contributed by atoms with Gasteiger partial charge in [0.2, 0.25) is 0 Å². The molecule has 0 aliphatic heterocycles. The first-order chi connectivity index (χ1) is 9.38. The molecule has 0 amide bonds. The second-order valence-electron chi connectivity index (χ2n) is 3.92. The van der Waals surface area contributed by atoms with Crippen molar-refractivity contribution >= 4 is 11.8 Å². The Kier molecular flexibility index (Phi) is 3.29. The quantitative estimate of drug-likeness (QED) is 0.585. The number of rotatable bonds is 3. The van der Waals surface area contributed by atoms with Gasteiger partial charge in [-0.1, -0.05) is 42.1 Å². The van der Waals surface area contributed by atoms with E-state index < -0.39 is 0 Å². The van der Waals surface area contributed by atoms with Crippen LogP contribution in [0.15, 0.2) is 54.1 Å². The number of nitrogens with one attached hydrogen (secondary N) is 1. The van der Waals surface area contributed by atoms with Gasteiger partial charge >= 0.3 is 0 Å². The van der Waals surface area contributed by atoms with Gasteiger partial charge in [0.25, 0.3) is 0 Å². The maximum Gasteiger partial charge on any atom is 0.187 e. The molecule has 0 aliphatic rings. The van der Waals surface area contributed by atoms with E-state index in [0.29, 0.717) is 0 Å². The summed E-state index contributed by atoms with van der Waals surface area (Å²) < 4.78 is 0. The molecule has 0 radical (unpaired) electrons. The summed E-state index contributed by atoms with van der Waals surface area (Å²) in [4.78, 5) is 16.2. The van der Waals surface area contributed by atoms with Gasteiger partial charge in [-0.2, -0.15) is 0 Å². The molecule has 2 aromatic heterocycles. The molecule has 0 atom stereocenters. The van der Waals surface area contributed by atoms with Gasteiger partial charge in [-0.3, -0.25) is 0 Å². The zero-order valence-corrected chi connectivity index (χ0v) is 11.2. The van der Waals surface area contributed by atoms with E-state index in [1.54, 1.807) is 12.5 Å². The van der Waals surface area contributed by atoms with E-state index in [2.05, 4.69) is 19.9 Å². The molecule has 0 saturated carbocycles. The fourth-order valence-electron chi connectivity index (χ4n) is 1.88. The Bertz CT molecular complexity index is 679. The average molecular weight is 268 g/mol. The summed E-state index contributed by atoms with van der Waals surface area (Å²) in [6.45, 7) is 0. The minimum Gasteiger partial charge on any atom is -0.343 e. The Balaban J connectivity index is 2.09. The molecule has 1 N–H and O–H groups in total. The van der Waals surface area contributed by atoms with Crippen LogP contribution < -0.4 is 0 Å². The van der Waals surface area contributed by atoms with Crippen LogP contribution >= 0.6 is 11.8 Å². The first-order valence-electron chi connectivity index (χ1n) is 5.84. The third-order valence-corrected chi connectivity index (χ3v) is 3.32. The van der Waals surface area contributed by atoms with Gasteiger partial charge in [-0.25, -0.2) is 15.0 Å². The van der Waals surface area contributed by atoms with Gasteiger partial charge in [0.1, 0.15) is 0 Å². The zero-order chi connectivity index (χ0) is 13.1. The molecule has 0 spiro atoms. The molecular formula is C14H12N4S. The van der Waals surface area contributed by atoms with Crippen molar-refractivity contribution in [3.05, 3.63) is 48.9 Å². The highest BCUT2D eigenvalue weighted by atomic mass is 32.2. The highest BCUT2D eigenvalue weighted by Crippen LogP contribution is 2.27. The smallest absolute Gasteiger partial charge is 0.187 e. The predicted molar refractivity (Wildman–Crippen MR) is 76.8 cm³/mol. The second kappa shape index (κ2) is 5.24. The summed E-state index contributed by atoms with van der Waals surface area (Å²) in [6, 6.07) is 12.0. The van der Waals surface area contributed by atoms with E-state index in [0.717, 1.165) is 27.8 Å². The normalized spacial score (nSPS) is 10.6. The van der Waals surface area contributed by atoms with Crippen LogP contribution in [0.3, 0.4) is 0 Å². The SMILES string of the molecule is CSc1nccc(-c2[nH]cnc2-c2ccccc2)n1.